The van der Waals surface area contributed by atoms with Gasteiger partial charge in [-0.25, -0.2) is 22.1 Å². The third kappa shape index (κ3) is 5.03. The van der Waals surface area contributed by atoms with E-state index >= 15 is 4.39 Å². The fourth-order valence-corrected chi connectivity index (χ4v) is 7.38. The van der Waals surface area contributed by atoms with Gasteiger partial charge in [-0.05, 0) is 37.1 Å². The summed E-state index contributed by atoms with van der Waals surface area (Å²) in [7, 11) is -1.42. The average Bonchev–Trinajstić information content (AvgIpc) is 3.65. The lowest BCUT2D eigenvalue weighted by molar-refractivity contribution is -0.108. The highest BCUT2D eigenvalue weighted by molar-refractivity contribution is 7.93. The Kier molecular flexibility index (Phi) is 7.70. The molecule has 2 aliphatic heterocycles. The number of fused-ring (bicyclic) bond motifs is 1. The maximum atomic E-state index is 15.5. The third-order valence-electron chi connectivity index (χ3n) is 6.90. The molecule has 0 bridgehead atoms. The minimum Gasteiger partial charge on any atom is -0.497 e. The highest BCUT2D eigenvalue weighted by atomic mass is 35.5. The van der Waals surface area contributed by atoms with Crippen LogP contribution in [0.2, 0.25) is 5.02 Å². The zero-order valence-electron chi connectivity index (χ0n) is 20.8. The van der Waals surface area contributed by atoms with Gasteiger partial charge in [-0.1, -0.05) is 11.6 Å². The summed E-state index contributed by atoms with van der Waals surface area (Å²) < 4.78 is 66.2. The zero-order valence-corrected chi connectivity index (χ0v) is 23.2. The van der Waals surface area contributed by atoms with Gasteiger partial charge in [0.25, 0.3) is 10.0 Å². The van der Waals surface area contributed by atoms with E-state index in [4.69, 9.17) is 30.5 Å². The number of sulfonamides is 1. The SMILES string of the molecule is COc1ccc(CN(c2nccs2)S(=O)(=O)c2cc(Cl)c(NCC34CCOC3OCC4)cc2F)c(OC)c1. The van der Waals surface area contributed by atoms with Gasteiger partial charge in [-0.2, -0.15) is 0 Å². The number of ether oxygens (including phenoxy) is 4. The first-order valence-corrected chi connectivity index (χ1v) is 14.6. The van der Waals surface area contributed by atoms with Gasteiger partial charge in [0, 0.05) is 35.2 Å². The predicted molar refractivity (Wildman–Crippen MR) is 142 cm³/mol. The molecule has 0 unspecified atom stereocenters. The van der Waals surface area contributed by atoms with Gasteiger partial charge < -0.3 is 24.3 Å². The van der Waals surface area contributed by atoms with Crippen LogP contribution in [0.4, 0.5) is 15.2 Å². The average molecular weight is 584 g/mol. The van der Waals surface area contributed by atoms with Crippen molar-refractivity contribution in [1.29, 1.82) is 0 Å². The number of nitrogens with zero attached hydrogens (tertiary/aromatic N) is 2. The highest BCUT2D eigenvalue weighted by Crippen LogP contribution is 2.44. The van der Waals surface area contributed by atoms with Crippen LogP contribution in [0.5, 0.6) is 11.5 Å². The van der Waals surface area contributed by atoms with Crippen LogP contribution in [0, 0.1) is 11.2 Å². The van der Waals surface area contributed by atoms with Crippen molar-refractivity contribution in [3.05, 3.63) is 58.3 Å². The van der Waals surface area contributed by atoms with Crippen LogP contribution < -0.4 is 19.1 Å². The quantitative estimate of drug-likeness (QED) is 0.359. The molecule has 2 aromatic carbocycles. The number of nitrogens with one attached hydrogen (secondary N) is 1. The summed E-state index contributed by atoms with van der Waals surface area (Å²) in [6.45, 7) is 1.50. The molecule has 2 aliphatic rings. The Morgan fingerprint density at radius 1 is 1.21 bits per heavy atom. The smallest absolute Gasteiger partial charge is 0.269 e. The van der Waals surface area contributed by atoms with Crippen LogP contribution in [-0.2, 0) is 26.0 Å². The van der Waals surface area contributed by atoms with Crippen LogP contribution >= 0.6 is 22.9 Å². The van der Waals surface area contributed by atoms with Crippen molar-refractivity contribution < 1.29 is 31.8 Å². The second-order valence-electron chi connectivity index (χ2n) is 9.06. The molecule has 0 saturated carbocycles. The molecule has 2 saturated heterocycles. The molecule has 3 heterocycles. The molecule has 13 heteroatoms. The van der Waals surface area contributed by atoms with Crippen LogP contribution in [-0.4, -0.2) is 53.7 Å². The Morgan fingerprint density at radius 2 is 1.97 bits per heavy atom. The fourth-order valence-electron chi connectivity index (χ4n) is 4.74. The first-order valence-electron chi connectivity index (χ1n) is 11.9. The van der Waals surface area contributed by atoms with Crippen LogP contribution in [0.15, 0.2) is 46.8 Å². The lowest BCUT2D eigenvalue weighted by Crippen LogP contribution is -2.34. The van der Waals surface area contributed by atoms with Gasteiger partial charge >= 0.3 is 0 Å². The van der Waals surface area contributed by atoms with Crippen molar-refractivity contribution in [2.75, 3.05) is 43.6 Å². The lowest BCUT2D eigenvalue weighted by atomic mass is 9.84. The Morgan fingerprint density at radius 3 is 2.63 bits per heavy atom. The Balaban J connectivity index is 1.45. The summed E-state index contributed by atoms with van der Waals surface area (Å²) in [5, 5.41) is 5.08. The second kappa shape index (κ2) is 10.9. The molecule has 1 aromatic heterocycles. The van der Waals surface area contributed by atoms with E-state index in [0.717, 1.165) is 40.6 Å². The van der Waals surface area contributed by atoms with E-state index in [-0.39, 0.29) is 28.4 Å². The molecule has 0 atom stereocenters. The van der Waals surface area contributed by atoms with Crippen molar-refractivity contribution >= 4 is 43.8 Å². The summed E-state index contributed by atoms with van der Waals surface area (Å²) in [6, 6.07) is 7.27. The van der Waals surface area contributed by atoms with Crippen LogP contribution in [0.1, 0.15) is 18.4 Å². The first-order chi connectivity index (χ1) is 18.3. The number of hydrogen-bond acceptors (Lipinski definition) is 9. The predicted octanol–water partition coefficient (Wildman–Crippen LogP) is 4.91. The van der Waals surface area contributed by atoms with Crippen LogP contribution in [0.3, 0.4) is 0 Å². The van der Waals surface area contributed by atoms with Crippen molar-refractivity contribution in [1.82, 2.24) is 4.98 Å². The maximum absolute atomic E-state index is 15.5. The Hall–Kier alpha value is -2.64. The maximum Gasteiger partial charge on any atom is 0.269 e. The number of aromatic nitrogens is 1. The molecular formula is C25H27ClFN3O6S2. The summed E-state index contributed by atoms with van der Waals surface area (Å²) in [5.41, 5.74) is 0.625. The second-order valence-corrected chi connectivity index (χ2v) is 12.2. The number of methoxy groups -OCH3 is 2. The monoisotopic (exact) mass is 583 g/mol. The van der Waals surface area contributed by atoms with Gasteiger partial charge in [0.15, 0.2) is 11.4 Å². The molecular weight excluding hydrogens is 557 g/mol. The molecule has 0 spiro atoms. The van der Waals surface area contributed by atoms with Crippen LogP contribution in [0.25, 0.3) is 0 Å². The normalized spacial score (nSPS) is 20.8. The molecule has 1 N–H and O–H groups in total. The minimum atomic E-state index is -4.41. The van der Waals surface area contributed by atoms with Gasteiger partial charge in [0.2, 0.25) is 0 Å². The standard InChI is InChI=1S/C25H27ClFN3O6S2/c1-33-17-4-3-16(21(11-17)34-2)14-30(24-28-7-10-37-24)38(31,32)22-12-18(26)20(13-19(22)27)29-15-25-5-8-35-23(25)36-9-6-25/h3-4,7,10-13,23,29H,5-6,8-9,14-15H2,1-2H3. The van der Waals surface area contributed by atoms with Gasteiger partial charge in [0.05, 0.1) is 44.7 Å². The number of thiazole rings is 1. The minimum absolute atomic E-state index is 0.0804. The number of benzene rings is 2. The van der Waals surface area contributed by atoms with Crippen molar-refractivity contribution in [3.63, 3.8) is 0 Å². The lowest BCUT2D eigenvalue weighted by Gasteiger charge is -2.27. The van der Waals surface area contributed by atoms with Crippen molar-refractivity contribution in [3.8, 4) is 11.5 Å². The van der Waals surface area contributed by atoms with Gasteiger partial charge in [-0.15, -0.1) is 11.3 Å². The molecule has 0 radical (unpaired) electrons. The van der Waals surface area contributed by atoms with E-state index in [9.17, 15) is 8.42 Å². The molecule has 38 heavy (non-hydrogen) atoms. The molecule has 0 amide bonds. The molecule has 204 valence electrons. The first kappa shape index (κ1) is 26.9. The van der Waals surface area contributed by atoms with Crippen molar-refractivity contribution in [2.24, 2.45) is 5.41 Å². The van der Waals surface area contributed by atoms with E-state index < -0.39 is 20.7 Å². The highest BCUT2D eigenvalue weighted by Gasteiger charge is 2.48. The Labute approximate surface area is 229 Å². The summed E-state index contributed by atoms with van der Waals surface area (Å²) in [4.78, 5) is 3.62. The molecule has 2 fully saturated rings. The number of halogens is 2. The van der Waals surface area contributed by atoms with E-state index in [1.54, 1.807) is 23.6 Å². The third-order valence-corrected chi connectivity index (χ3v) is 9.87. The van der Waals surface area contributed by atoms with Gasteiger partial charge in [0.1, 0.15) is 22.2 Å². The number of rotatable bonds is 10. The van der Waals surface area contributed by atoms with E-state index in [1.807, 2.05) is 0 Å². The Bertz CT molecular complexity index is 1400. The topological polar surface area (TPSA) is 99.2 Å². The van der Waals surface area contributed by atoms with E-state index in [2.05, 4.69) is 10.3 Å². The summed E-state index contributed by atoms with van der Waals surface area (Å²) >= 11 is 7.60. The van der Waals surface area contributed by atoms with E-state index in [0.29, 0.717) is 42.5 Å². The van der Waals surface area contributed by atoms with Gasteiger partial charge in [-0.3, -0.25) is 0 Å². The fraction of sp³-hybridized carbons (Fsp3) is 0.400. The number of hydrogen-bond donors (Lipinski definition) is 1. The van der Waals surface area contributed by atoms with E-state index in [1.165, 1.54) is 20.4 Å². The molecule has 0 aliphatic carbocycles. The van der Waals surface area contributed by atoms with Crippen molar-refractivity contribution in [2.45, 2.75) is 30.6 Å². The molecule has 3 aromatic rings. The zero-order chi connectivity index (χ0) is 26.9. The largest absolute Gasteiger partial charge is 0.497 e. The summed E-state index contributed by atoms with van der Waals surface area (Å²) in [5.74, 6) is 0.0394. The molecule has 9 nitrogen and oxygen atoms in total. The number of anilines is 2. The molecule has 5 rings (SSSR count). The summed E-state index contributed by atoms with van der Waals surface area (Å²) in [6.07, 6.45) is 2.81.